The first-order valence-corrected chi connectivity index (χ1v) is 10.9. The summed E-state index contributed by atoms with van der Waals surface area (Å²) in [6, 6.07) is 20.0. The zero-order valence-electron chi connectivity index (χ0n) is 18.8. The Kier molecular flexibility index (Phi) is 5.67. The summed E-state index contributed by atoms with van der Waals surface area (Å²) < 4.78 is 27.7. The maximum Gasteiger partial charge on any atom is 0.309 e. The lowest BCUT2D eigenvalue weighted by Crippen LogP contribution is -2.07. The van der Waals surface area contributed by atoms with Gasteiger partial charge in [0.05, 0.1) is 17.8 Å². The van der Waals surface area contributed by atoms with Gasteiger partial charge in [0.2, 0.25) is 5.88 Å². The van der Waals surface area contributed by atoms with E-state index in [9.17, 15) is 9.18 Å². The maximum atomic E-state index is 14.7. The molecule has 3 aromatic heterocycles. The summed E-state index contributed by atoms with van der Waals surface area (Å²) in [6.07, 6.45) is 2.46. The van der Waals surface area contributed by atoms with E-state index in [1.54, 1.807) is 28.8 Å². The molecule has 7 heteroatoms. The van der Waals surface area contributed by atoms with Gasteiger partial charge in [-0.25, -0.2) is 14.4 Å². The van der Waals surface area contributed by atoms with Crippen LogP contribution in [0.5, 0.6) is 5.88 Å². The molecule has 0 saturated carbocycles. The summed E-state index contributed by atoms with van der Waals surface area (Å²) in [5.41, 5.74) is 3.52. The number of fused-ring (bicyclic) bond motifs is 1. The Balaban J connectivity index is 1.73. The molecule has 0 N–H and O–H groups in total. The molecule has 6 nitrogen and oxygen atoms in total. The van der Waals surface area contributed by atoms with E-state index in [0.717, 1.165) is 11.3 Å². The van der Waals surface area contributed by atoms with Crippen LogP contribution < -0.4 is 4.74 Å². The van der Waals surface area contributed by atoms with E-state index >= 15 is 0 Å². The number of imidazole rings is 1. The van der Waals surface area contributed by atoms with Crippen molar-refractivity contribution in [2.75, 3.05) is 0 Å². The smallest absolute Gasteiger partial charge is 0.309 e. The number of halogens is 1. The Bertz CT molecular complexity index is 1490. The van der Waals surface area contributed by atoms with Crippen LogP contribution in [-0.2, 0) is 17.6 Å². The van der Waals surface area contributed by atoms with E-state index in [-0.39, 0.29) is 11.7 Å². The average Bonchev–Trinajstić information content (AvgIpc) is 3.38. The van der Waals surface area contributed by atoms with Crippen LogP contribution >= 0.6 is 0 Å². The van der Waals surface area contributed by atoms with Gasteiger partial charge in [-0.3, -0.25) is 9.20 Å². The molecule has 5 aromatic rings. The molecule has 0 bridgehead atoms. The Morgan fingerprint density at radius 2 is 1.74 bits per heavy atom. The highest BCUT2D eigenvalue weighted by molar-refractivity contribution is 5.71. The molecule has 34 heavy (non-hydrogen) atoms. The second-order valence-electron chi connectivity index (χ2n) is 8.06. The molecule has 0 aliphatic heterocycles. The maximum absolute atomic E-state index is 14.7. The van der Waals surface area contributed by atoms with E-state index in [1.165, 1.54) is 13.0 Å². The normalized spacial score (nSPS) is 11.1. The van der Waals surface area contributed by atoms with Crippen LogP contribution in [0.25, 0.3) is 16.9 Å². The summed E-state index contributed by atoms with van der Waals surface area (Å²) in [4.78, 5) is 21.6. The minimum atomic E-state index is -0.479. The summed E-state index contributed by atoms with van der Waals surface area (Å²) in [7, 11) is 0. The summed E-state index contributed by atoms with van der Waals surface area (Å²) in [5, 5.41) is 0. The van der Waals surface area contributed by atoms with Gasteiger partial charge >= 0.3 is 5.97 Å². The predicted molar refractivity (Wildman–Crippen MR) is 125 cm³/mol. The van der Waals surface area contributed by atoms with Crippen molar-refractivity contribution < 1.29 is 18.3 Å². The van der Waals surface area contributed by atoms with Gasteiger partial charge in [-0.2, -0.15) is 0 Å². The summed E-state index contributed by atoms with van der Waals surface area (Å²) >= 11 is 0. The first kappa shape index (κ1) is 21.6. The van der Waals surface area contributed by atoms with E-state index in [4.69, 9.17) is 19.1 Å². The number of esters is 1. The van der Waals surface area contributed by atoms with Crippen molar-refractivity contribution in [1.29, 1.82) is 0 Å². The SMILES string of the molecule is CC(=O)Oc1c(Cc2ccc(C)o2)nc2c(Cc3ccccc3)nc(-c3ccccc3F)cn12. The fourth-order valence-electron chi connectivity index (χ4n) is 3.95. The number of carbonyl (C=O) groups is 1. The molecule has 0 spiro atoms. The van der Waals surface area contributed by atoms with Crippen molar-refractivity contribution in [3.05, 3.63) is 107 Å². The lowest BCUT2D eigenvalue weighted by molar-refractivity contribution is -0.132. The molecule has 0 radical (unpaired) electrons. The fourth-order valence-corrected chi connectivity index (χ4v) is 3.95. The third kappa shape index (κ3) is 4.32. The monoisotopic (exact) mass is 455 g/mol. The number of ether oxygens (including phenoxy) is 1. The van der Waals surface area contributed by atoms with Crippen molar-refractivity contribution in [2.45, 2.75) is 26.7 Å². The van der Waals surface area contributed by atoms with Gasteiger partial charge in [0.15, 0.2) is 5.65 Å². The van der Waals surface area contributed by atoms with Crippen LogP contribution in [0.15, 0.2) is 77.3 Å². The number of carbonyl (C=O) groups excluding carboxylic acids is 1. The van der Waals surface area contributed by atoms with Crippen LogP contribution in [0.3, 0.4) is 0 Å². The molecule has 2 aromatic carbocycles. The number of rotatable bonds is 6. The van der Waals surface area contributed by atoms with Gasteiger partial charge in [0.1, 0.15) is 23.0 Å². The van der Waals surface area contributed by atoms with Gasteiger partial charge < -0.3 is 9.15 Å². The van der Waals surface area contributed by atoms with Crippen molar-refractivity contribution >= 4 is 11.6 Å². The number of furan rings is 1. The number of aromatic nitrogens is 3. The Labute approximate surface area is 195 Å². The third-order valence-corrected chi connectivity index (χ3v) is 5.44. The van der Waals surface area contributed by atoms with Gasteiger partial charge in [-0.15, -0.1) is 0 Å². The minimum absolute atomic E-state index is 0.269. The van der Waals surface area contributed by atoms with Crippen LogP contribution in [0.4, 0.5) is 4.39 Å². The van der Waals surface area contributed by atoms with Crippen LogP contribution in [0, 0.1) is 12.7 Å². The zero-order chi connectivity index (χ0) is 23.7. The third-order valence-electron chi connectivity index (χ3n) is 5.44. The van der Waals surface area contributed by atoms with Crippen LogP contribution in [-0.4, -0.2) is 20.3 Å². The molecule has 0 unspecified atom stereocenters. The molecule has 0 atom stereocenters. The lowest BCUT2D eigenvalue weighted by atomic mass is 10.1. The van der Waals surface area contributed by atoms with E-state index in [1.807, 2.05) is 49.4 Å². The molecule has 0 saturated heterocycles. The van der Waals surface area contributed by atoms with Gasteiger partial charge in [-0.05, 0) is 36.8 Å². The van der Waals surface area contributed by atoms with Crippen molar-refractivity contribution in [1.82, 2.24) is 14.4 Å². The molecule has 0 aliphatic rings. The second-order valence-corrected chi connectivity index (χ2v) is 8.06. The highest BCUT2D eigenvalue weighted by Gasteiger charge is 2.22. The first-order valence-electron chi connectivity index (χ1n) is 10.9. The lowest BCUT2D eigenvalue weighted by Gasteiger charge is -2.10. The average molecular weight is 455 g/mol. The largest absolute Gasteiger partial charge is 0.466 e. The van der Waals surface area contributed by atoms with E-state index in [0.29, 0.717) is 46.9 Å². The van der Waals surface area contributed by atoms with Crippen molar-refractivity contribution in [2.24, 2.45) is 0 Å². The number of benzene rings is 2. The molecule has 3 heterocycles. The van der Waals surface area contributed by atoms with Crippen molar-refractivity contribution in [3.8, 4) is 17.1 Å². The number of hydrogen-bond acceptors (Lipinski definition) is 5. The van der Waals surface area contributed by atoms with Crippen LogP contribution in [0.1, 0.15) is 35.4 Å². The summed E-state index contributed by atoms with van der Waals surface area (Å²) in [5.74, 6) is 0.876. The zero-order valence-corrected chi connectivity index (χ0v) is 18.8. The number of hydrogen-bond donors (Lipinski definition) is 0. The van der Waals surface area contributed by atoms with Gasteiger partial charge in [0, 0.05) is 25.1 Å². The molecule has 0 amide bonds. The molecule has 0 aliphatic carbocycles. The molecule has 170 valence electrons. The number of aryl methyl sites for hydroxylation is 1. The highest BCUT2D eigenvalue weighted by Crippen LogP contribution is 2.30. The second kappa shape index (κ2) is 8.94. The molecular weight excluding hydrogens is 433 g/mol. The van der Waals surface area contributed by atoms with E-state index in [2.05, 4.69) is 0 Å². The van der Waals surface area contributed by atoms with Gasteiger partial charge in [0.25, 0.3) is 0 Å². The molecule has 0 fully saturated rings. The predicted octanol–water partition coefficient (Wildman–Crippen LogP) is 5.54. The van der Waals surface area contributed by atoms with Gasteiger partial charge in [-0.1, -0.05) is 42.5 Å². The van der Waals surface area contributed by atoms with Crippen LogP contribution in [0.2, 0.25) is 0 Å². The van der Waals surface area contributed by atoms with E-state index < -0.39 is 5.97 Å². The quantitative estimate of drug-likeness (QED) is 0.314. The minimum Gasteiger partial charge on any atom is -0.466 e. The standard InChI is InChI=1S/C27H22FN3O3/c1-17-12-13-20(33-17)15-24-27(34-18(2)32)31-16-25(21-10-6-7-11-22(21)28)29-23(26(31)30-24)14-19-8-4-3-5-9-19/h3-13,16H,14-15H2,1-2H3. The fraction of sp³-hybridized carbons (Fsp3) is 0.148. The summed E-state index contributed by atoms with van der Waals surface area (Å²) in [6.45, 7) is 3.20. The Morgan fingerprint density at radius 1 is 0.971 bits per heavy atom. The Hall–Kier alpha value is -4.26. The first-order chi connectivity index (χ1) is 16.5. The Morgan fingerprint density at radius 3 is 2.44 bits per heavy atom. The highest BCUT2D eigenvalue weighted by atomic mass is 19.1. The van der Waals surface area contributed by atoms with Crippen molar-refractivity contribution in [3.63, 3.8) is 0 Å². The number of nitrogens with zero attached hydrogens (tertiary/aromatic N) is 3. The topological polar surface area (TPSA) is 69.6 Å². The molecular formula is C27H22FN3O3. The molecule has 5 rings (SSSR count).